The van der Waals surface area contributed by atoms with Gasteiger partial charge >= 0.3 is 5.97 Å². The summed E-state index contributed by atoms with van der Waals surface area (Å²) >= 11 is 2.23. The number of hydrogen-bond acceptors (Lipinski definition) is 5. The number of aromatic nitrogens is 1. The van der Waals surface area contributed by atoms with E-state index in [0.717, 1.165) is 46.2 Å². The predicted molar refractivity (Wildman–Crippen MR) is 105 cm³/mol. The quantitative estimate of drug-likeness (QED) is 0.535. The van der Waals surface area contributed by atoms with Crippen LogP contribution in [0.3, 0.4) is 0 Å². The molecule has 0 aromatic carbocycles. The highest BCUT2D eigenvalue weighted by Gasteiger charge is 2.45. The van der Waals surface area contributed by atoms with Gasteiger partial charge in [-0.3, -0.25) is 4.98 Å². The molecule has 1 aromatic heterocycles. The van der Waals surface area contributed by atoms with Crippen LogP contribution in [0.1, 0.15) is 84.8 Å². The summed E-state index contributed by atoms with van der Waals surface area (Å²) in [6, 6.07) is 0. The summed E-state index contributed by atoms with van der Waals surface area (Å²) in [4.78, 5) is 17.7. The average molecular weight is 471 g/mol. The second-order valence-corrected chi connectivity index (χ2v) is 8.98. The van der Waals surface area contributed by atoms with Gasteiger partial charge in [0.2, 0.25) is 0 Å². The van der Waals surface area contributed by atoms with Crippen molar-refractivity contribution < 1.29 is 19.4 Å². The Morgan fingerprint density at radius 1 is 1.38 bits per heavy atom. The lowest BCUT2D eigenvalue weighted by molar-refractivity contribution is 0.0234. The molecule has 2 aliphatic carbocycles. The van der Waals surface area contributed by atoms with E-state index in [-0.39, 0.29) is 17.3 Å². The zero-order chi connectivity index (χ0) is 18.3. The zero-order valence-corrected chi connectivity index (χ0v) is 17.4. The minimum atomic E-state index is -0.532. The summed E-state index contributed by atoms with van der Waals surface area (Å²) in [5.41, 5.74) is 3.52. The van der Waals surface area contributed by atoms with Gasteiger partial charge in [-0.25, -0.2) is 4.79 Å². The molecule has 1 saturated heterocycles. The normalized spacial score (nSPS) is 24.8. The van der Waals surface area contributed by atoms with E-state index in [2.05, 4.69) is 22.6 Å². The Morgan fingerprint density at radius 2 is 2.12 bits per heavy atom. The molecule has 3 aliphatic rings. The van der Waals surface area contributed by atoms with Crippen molar-refractivity contribution in [2.45, 2.75) is 63.9 Å². The third-order valence-electron chi connectivity index (χ3n) is 6.28. The van der Waals surface area contributed by atoms with Crippen molar-refractivity contribution in [1.82, 2.24) is 4.98 Å². The number of aliphatic hydroxyl groups excluding tert-OH is 1. The molecule has 26 heavy (non-hydrogen) atoms. The Bertz CT molecular complexity index is 710. The van der Waals surface area contributed by atoms with Gasteiger partial charge in [-0.15, -0.1) is 0 Å². The standard InChI is InChI=1S/C20H26INO4/c1-2-26-19(24)16-17(21)15-13(10-20(6-3-7-20)11-14(15)23)22-18(16)12-4-8-25-9-5-12/h12,14,23H,2-11H2,1H3/t14-/m0/s1. The van der Waals surface area contributed by atoms with Crippen molar-refractivity contribution in [1.29, 1.82) is 0 Å². The summed E-state index contributed by atoms with van der Waals surface area (Å²) < 4.78 is 11.7. The van der Waals surface area contributed by atoms with Crippen LogP contribution in [0.5, 0.6) is 0 Å². The van der Waals surface area contributed by atoms with Crippen molar-refractivity contribution in [2.75, 3.05) is 19.8 Å². The highest BCUT2D eigenvalue weighted by Crippen LogP contribution is 2.54. The topological polar surface area (TPSA) is 68.7 Å². The van der Waals surface area contributed by atoms with Gasteiger partial charge in [0.25, 0.3) is 0 Å². The number of aliphatic hydroxyl groups is 1. The van der Waals surface area contributed by atoms with Crippen molar-refractivity contribution >= 4 is 28.6 Å². The number of halogens is 1. The van der Waals surface area contributed by atoms with Gasteiger partial charge in [0, 0.05) is 34.0 Å². The Hall–Kier alpha value is -0.730. The molecule has 0 amide bonds. The predicted octanol–water partition coefficient (Wildman–Crippen LogP) is 3.91. The Kier molecular flexibility index (Phi) is 5.27. The lowest BCUT2D eigenvalue weighted by Crippen LogP contribution is -2.39. The fourth-order valence-corrected chi connectivity index (χ4v) is 5.94. The molecular formula is C20H26INO4. The van der Waals surface area contributed by atoms with Crippen LogP contribution in [0.4, 0.5) is 0 Å². The monoisotopic (exact) mass is 471 g/mol. The number of rotatable bonds is 3. The van der Waals surface area contributed by atoms with Gasteiger partial charge in [0.1, 0.15) is 0 Å². The van der Waals surface area contributed by atoms with Gasteiger partial charge in [0.15, 0.2) is 0 Å². The number of carbonyl (C=O) groups is 1. The van der Waals surface area contributed by atoms with Crippen molar-refractivity contribution in [2.24, 2.45) is 5.41 Å². The molecule has 1 spiro atoms. The maximum atomic E-state index is 12.7. The molecule has 0 radical (unpaired) electrons. The second kappa shape index (κ2) is 7.36. The first-order chi connectivity index (χ1) is 12.5. The Labute approximate surface area is 168 Å². The number of pyridine rings is 1. The first-order valence-corrected chi connectivity index (χ1v) is 10.8. The molecular weight excluding hydrogens is 445 g/mol. The molecule has 0 unspecified atom stereocenters. The number of esters is 1. The fraction of sp³-hybridized carbons (Fsp3) is 0.700. The van der Waals surface area contributed by atoms with Crippen LogP contribution in [0.25, 0.3) is 0 Å². The molecule has 142 valence electrons. The number of nitrogens with zero attached hydrogens (tertiary/aromatic N) is 1. The third-order valence-corrected chi connectivity index (χ3v) is 7.40. The van der Waals surface area contributed by atoms with Crippen LogP contribution in [0.15, 0.2) is 0 Å². The fourth-order valence-electron chi connectivity index (χ4n) is 4.77. The molecule has 1 aromatic rings. The highest BCUT2D eigenvalue weighted by atomic mass is 127. The van der Waals surface area contributed by atoms with Crippen molar-refractivity contribution in [3.05, 3.63) is 26.1 Å². The number of carbonyl (C=O) groups excluding carboxylic acids is 1. The lowest BCUT2D eigenvalue weighted by atomic mass is 9.60. The van der Waals surface area contributed by atoms with E-state index in [0.29, 0.717) is 25.4 Å². The van der Waals surface area contributed by atoms with E-state index in [4.69, 9.17) is 14.5 Å². The molecule has 2 fully saturated rings. The van der Waals surface area contributed by atoms with E-state index in [1.54, 1.807) is 0 Å². The van der Waals surface area contributed by atoms with E-state index in [1.165, 1.54) is 19.3 Å². The van der Waals surface area contributed by atoms with Crippen LogP contribution >= 0.6 is 22.6 Å². The maximum absolute atomic E-state index is 12.7. The summed E-state index contributed by atoms with van der Waals surface area (Å²) in [6.45, 7) is 3.56. The minimum Gasteiger partial charge on any atom is -0.462 e. The van der Waals surface area contributed by atoms with Gasteiger partial charge in [-0.1, -0.05) is 6.42 Å². The van der Waals surface area contributed by atoms with Gasteiger partial charge < -0.3 is 14.6 Å². The maximum Gasteiger partial charge on any atom is 0.341 e. The molecule has 2 heterocycles. The number of fused-ring (bicyclic) bond motifs is 1. The largest absolute Gasteiger partial charge is 0.462 e. The number of ether oxygens (including phenoxy) is 2. The van der Waals surface area contributed by atoms with Gasteiger partial charge in [-0.2, -0.15) is 0 Å². The Morgan fingerprint density at radius 3 is 2.73 bits per heavy atom. The summed E-state index contributed by atoms with van der Waals surface area (Å²) in [5.74, 6) is -0.0943. The molecule has 1 saturated carbocycles. The highest BCUT2D eigenvalue weighted by molar-refractivity contribution is 14.1. The summed E-state index contributed by atoms with van der Waals surface area (Å²) in [5, 5.41) is 10.9. The van der Waals surface area contributed by atoms with E-state index in [9.17, 15) is 9.90 Å². The third kappa shape index (κ3) is 3.18. The van der Waals surface area contributed by atoms with Crippen LogP contribution in [0, 0.1) is 8.99 Å². The van der Waals surface area contributed by atoms with Crippen LogP contribution in [-0.4, -0.2) is 35.9 Å². The van der Waals surface area contributed by atoms with Gasteiger partial charge in [-0.05, 0) is 73.5 Å². The average Bonchev–Trinajstić information content (AvgIpc) is 2.60. The first-order valence-electron chi connectivity index (χ1n) is 9.70. The SMILES string of the molecule is CCOC(=O)c1c(C2CCOCC2)nc2c(c1I)[C@@H](O)CC1(CCC1)C2. The molecule has 5 nitrogen and oxygen atoms in total. The molecule has 6 heteroatoms. The molecule has 1 aliphatic heterocycles. The van der Waals surface area contributed by atoms with E-state index < -0.39 is 6.10 Å². The van der Waals surface area contributed by atoms with Crippen molar-refractivity contribution in [3.63, 3.8) is 0 Å². The van der Waals surface area contributed by atoms with E-state index in [1.807, 2.05) is 6.92 Å². The van der Waals surface area contributed by atoms with Crippen LogP contribution in [0.2, 0.25) is 0 Å². The molecule has 4 rings (SSSR count). The van der Waals surface area contributed by atoms with Crippen LogP contribution in [-0.2, 0) is 15.9 Å². The lowest BCUT2D eigenvalue weighted by Gasteiger charge is -2.47. The molecule has 0 bridgehead atoms. The summed E-state index contributed by atoms with van der Waals surface area (Å²) in [7, 11) is 0. The van der Waals surface area contributed by atoms with Crippen LogP contribution < -0.4 is 0 Å². The van der Waals surface area contributed by atoms with Crippen molar-refractivity contribution in [3.8, 4) is 0 Å². The second-order valence-electron chi connectivity index (χ2n) is 7.90. The molecule has 1 N–H and O–H groups in total. The summed E-state index contributed by atoms with van der Waals surface area (Å²) in [6.07, 6.45) is 6.53. The zero-order valence-electron chi connectivity index (χ0n) is 15.2. The number of hydrogen-bond donors (Lipinski definition) is 1. The van der Waals surface area contributed by atoms with E-state index >= 15 is 0 Å². The van der Waals surface area contributed by atoms with Gasteiger partial charge in [0.05, 0.1) is 24.0 Å². The Balaban J connectivity index is 1.82. The minimum absolute atomic E-state index is 0.221. The smallest absolute Gasteiger partial charge is 0.341 e. The molecule has 1 atom stereocenters. The first kappa shape index (κ1) is 18.6.